The molecule has 0 fully saturated rings. The van der Waals surface area contributed by atoms with Gasteiger partial charge in [0.2, 0.25) is 0 Å². The van der Waals surface area contributed by atoms with E-state index in [2.05, 4.69) is 5.32 Å². The van der Waals surface area contributed by atoms with E-state index in [4.69, 9.17) is 14.2 Å². The quantitative estimate of drug-likeness (QED) is 0.530. The van der Waals surface area contributed by atoms with Crippen molar-refractivity contribution in [2.24, 2.45) is 0 Å². The van der Waals surface area contributed by atoms with Gasteiger partial charge < -0.3 is 19.5 Å². The summed E-state index contributed by atoms with van der Waals surface area (Å²) in [6, 6.07) is 11.0. The fourth-order valence-corrected chi connectivity index (χ4v) is 2.37. The Morgan fingerprint density at radius 3 is 2.45 bits per heavy atom. The Labute approximate surface area is 169 Å². The summed E-state index contributed by atoms with van der Waals surface area (Å²) in [5, 5.41) is 2.38. The number of ether oxygens (including phenoxy) is 3. The Hall–Kier alpha value is -3.35. The number of hydrogen-bond donors (Lipinski definition) is 1. The fraction of sp³-hybridized carbons (Fsp3) is 0.273. The monoisotopic (exact) mass is 401 g/mol. The van der Waals surface area contributed by atoms with Crippen molar-refractivity contribution in [3.8, 4) is 11.5 Å². The Balaban J connectivity index is 1.96. The lowest BCUT2D eigenvalue weighted by molar-refractivity contribution is -0.148. The zero-order chi connectivity index (χ0) is 21.4. The first kappa shape index (κ1) is 21.9. The van der Waals surface area contributed by atoms with Crippen LogP contribution in [0.3, 0.4) is 0 Å². The van der Waals surface area contributed by atoms with Crippen molar-refractivity contribution in [2.75, 3.05) is 12.4 Å². The molecule has 0 radical (unpaired) electrons. The van der Waals surface area contributed by atoms with Gasteiger partial charge in [0.1, 0.15) is 5.82 Å². The second kappa shape index (κ2) is 10.3. The SMILES string of the molecule is COc1cc(/C=C/C(=O)O[C@@H](C)C(=O)Nc2ccccc2F)ccc1OC(C)C. The smallest absolute Gasteiger partial charge is 0.331 e. The van der Waals surface area contributed by atoms with Crippen molar-refractivity contribution in [3.63, 3.8) is 0 Å². The lowest BCUT2D eigenvalue weighted by atomic mass is 10.2. The number of hydrogen-bond acceptors (Lipinski definition) is 5. The van der Waals surface area contributed by atoms with Gasteiger partial charge >= 0.3 is 5.97 Å². The van der Waals surface area contributed by atoms with Crippen LogP contribution in [0.15, 0.2) is 48.5 Å². The molecule has 154 valence electrons. The number of benzene rings is 2. The third kappa shape index (κ3) is 6.64. The predicted octanol–water partition coefficient (Wildman–Crippen LogP) is 4.21. The van der Waals surface area contributed by atoms with Gasteiger partial charge in [-0.1, -0.05) is 18.2 Å². The summed E-state index contributed by atoms with van der Waals surface area (Å²) in [6.45, 7) is 5.22. The van der Waals surface area contributed by atoms with Crippen LogP contribution in [-0.2, 0) is 14.3 Å². The normalized spacial score (nSPS) is 11.9. The summed E-state index contributed by atoms with van der Waals surface area (Å²) in [5.41, 5.74) is 0.713. The predicted molar refractivity (Wildman–Crippen MR) is 108 cm³/mol. The lowest BCUT2D eigenvalue weighted by Gasteiger charge is -2.14. The molecule has 0 bridgehead atoms. The molecule has 0 heterocycles. The minimum atomic E-state index is -1.09. The van der Waals surface area contributed by atoms with Gasteiger partial charge in [0.25, 0.3) is 5.91 Å². The number of halogens is 1. The standard InChI is InChI=1S/C22H24FNO5/c1-14(2)28-19-11-9-16(13-20(19)27-4)10-12-21(25)29-15(3)22(26)24-18-8-6-5-7-17(18)23/h5-15H,1-4H3,(H,24,26)/b12-10+/t15-/m0/s1. The van der Waals surface area contributed by atoms with Crippen molar-refractivity contribution in [1.29, 1.82) is 0 Å². The van der Waals surface area contributed by atoms with Gasteiger partial charge in [0, 0.05) is 6.08 Å². The highest BCUT2D eigenvalue weighted by molar-refractivity contribution is 5.96. The molecule has 0 saturated carbocycles. The summed E-state index contributed by atoms with van der Waals surface area (Å²) in [5.74, 6) is -0.776. The van der Waals surface area contributed by atoms with E-state index in [1.165, 1.54) is 44.4 Å². The van der Waals surface area contributed by atoms with E-state index < -0.39 is 23.8 Å². The third-order valence-corrected chi connectivity index (χ3v) is 3.76. The topological polar surface area (TPSA) is 73.9 Å². The molecule has 1 N–H and O–H groups in total. The summed E-state index contributed by atoms with van der Waals surface area (Å²) < 4.78 is 29.6. The number of carbonyl (C=O) groups excluding carboxylic acids is 2. The van der Waals surface area contributed by atoms with Gasteiger partial charge in [-0.05, 0) is 56.7 Å². The van der Waals surface area contributed by atoms with Crippen LogP contribution >= 0.6 is 0 Å². The molecule has 0 spiro atoms. The van der Waals surface area contributed by atoms with Gasteiger partial charge in [-0.3, -0.25) is 4.79 Å². The number of carbonyl (C=O) groups is 2. The van der Waals surface area contributed by atoms with Crippen LogP contribution in [0.2, 0.25) is 0 Å². The largest absolute Gasteiger partial charge is 0.493 e. The Bertz CT molecular complexity index is 895. The summed E-state index contributed by atoms with van der Waals surface area (Å²) in [6.07, 6.45) is 1.64. The van der Waals surface area contributed by atoms with Gasteiger partial charge in [-0.15, -0.1) is 0 Å². The summed E-state index contributed by atoms with van der Waals surface area (Å²) >= 11 is 0. The molecule has 0 aliphatic heterocycles. The highest BCUT2D eigenvalue weighted by Gasteiger charge is 2.18. The third-order valence-electron chi connectivity index (χ3n) is 3.76. The number of methoxy groups -OCH3 is 1. The molecule has 2 rings (SSSR count). The Kier molecular flexibility index (Phi) is 7.77. The number of rotatable bonds is 8. The maximum Gasteiger partial charge on any atom is 0.331 e. The first-order valence-corrected chi connectivity index (χ1v) is 9.09. The van der Waals surface area contributed by atoms with Crippen molar-refractivity contribution >= 4 is 23.6 Å². The molecule has 2 aromatic rings. The van der Waals surface area contributed by atoms with Crippen LogP contribution in [-0.4, -0.2) is 31.2 Å². The van der Waals surface area contributed by atoms with E-state index in [9.17, 15) is 14.0 Å². The molecule has 0 saturated heterocycles. The van der Waals surface area contributed by atoms with Crippen LogP contribution in [0, 0.1) is 5.82 Å². The lowest BCUT2D eigenvalue weighted by Crippen LogP contribution is -2.29. The molecular weight excluding hydrogens is 377 g/mol. The number of amides is 1. The average molecular weight is 401 g/mol. The van der Waals surface area contributed by atoms with E-state index in [0.29, 0.717) is 17.1 Å². The Morgan fingerprint density at radius 1 is 1.07 bits per heavy atom. The molecular formula is C22H24FNO5. The van der Waals surface area contributed by atoms with Crippen LogP contribution in [0.4, 0.5) is 10.1 Å². The maximum absolute atomic E-state index is 13.6. The number of anilines is 1. The van der Waals surface area contributed by atoms with Gasteiger partial charge in [0.05, 0.1) is 18.9 Å². The molecule has 0 aliphatic carbocycles. The first-order chi connectivity index (χ1) is 13.8. The molecule has 0 unspecified atom stereocenters. The van der Waals surface area contributed by atoms with Gasteiger partial charge in [0.15, 0.2) is 17.6 Å². The molecule has 1 amide bonds. The highest BCUT2D eigenvalue weighted by Crippen LogP contribution is 2.29. The van der Waals surface area contributed by atoms with Crippen LogP contribution in [0.1, 0.15) is 26.3 Å². The molecule has 6 nitrogen and oxygen atoms in total. The van der Waals surface area contributed by atoms with E-state index in [1.807, 2.05) is 13.8 Å². The number of para-hydroxylation sites is 1. The second-order valence-corrected chi connectivity index (χ2v) is 6.46. The van der Waals surface area contributed by atoms with Crippen molar-refractivity contribution in [3.05, 3.63) is 59.9 Å². The van der Waals surface area contributed by atoms with E-state index >= 15 is 0 Å². The van der Waals surface area contributed by atoms with Gasteiger partial charge in [-0.2, -0.15) is 0 Å². The minimum absolute atomic E-state index is 0.00253. The zero-order valence-electron chi connectivity index (χ0n) is 16.8. The Morgan fingerprint density at radius 2 is 1.79 bits per heavy atom. The van der Waals surface area contributed by atoms with E-state index in [0.717, 1.165) is 0 Å². The summed E-state index contributed by atoms with van der Waals surface area (Å²) in [7, 11) is 1.53. The molecule has 29 heavy (non-hydrogen) atoms. The second-order valence-electron chi connectivity index (χ2n) is 6.46. The molecule has 1 atom stereocenters. The minimum Gasteiger partial charge on any atom is -0.493 e. The molecule has 0 aliphatic rings. The van der Waals surface area contributed by atoms with Crippen molar-refractivity contribution < 1.29 is 28.2 Å². The van der Waals surface area contributed by atoms with Crippen LogP contribution in [0.25, 0.3) is 6.08 Å². The number of esters is 1. The molecule has 0 aromatic heterocycles. The zero-order valence-corrected chi connectivity index (χ0v) is 16.8. The van der Waals surface area contributed by atoms with Crippen molar-refractivity contribution in [1.82, 2.24) is 0 Å². The molecule has 2 aromatic carbocycles. The maximum atomic E-state index is 13.6. The van der Waals surface area contributed by atoms with E-state index in [-0.39, 0.29) is 11.8 Å². The fourth-order valence-electron chi connectivity index (χ4n) is 2.37. The van der Waals surface area contributed by atoms with Crippen molar-refractivity contribution in [2.45, 2.75) is 33.0 Å². The first-order valence-electron chi connectivity index (χ1n) is 9.09. The van der Waals surface area contributed by atoms with Gasteiger partial charge in [-0.25, -0.2) is 9.18 Å². The molecule has 7 heteroatoms. The highest BCUT2D eigenvalue weighted by atomic mass is 19.1. The van der Waals surface area contributed by atoms with Crippen LogP contribution in [0.5, 0.6) is 11.5 Å². The summed E-state index contributed by atoms with van der Waals surface area (Å²) in [4.78, 5) is 24.1. The average Bonchev–Trinajstić information content (AvgIpc) is 2.68. The number of nitrogens with one attached hydrogen (secondary N) is 1. The van der Waals surface area contributed by atoms with Crippen LogP contribution < -0.4 is 14.8 Å². The van der Waals surface area contributed by atoms with E-state index in [1.54, 1.807) is 24.3 Å².